The lowest BCUT2D eigenvalue weighted by molar-refractivity contribution is 0.0880. The van der Waals surface area contributed by atoms with E-state index in [0.29, 0.717) is 5.69 Å². The number of hydrogen-bond donors (Lipinski definition) is 2. The molecule has 2 aromatic heterocycles. The minimum Gasteiger partial charge on any atom is -0.384 e. The predicted molar refractivity (Wildman–Crippen MR) is 97.0 cm³/mol. The minimum atomic E-state index is -0.602. The van der Waals surface area contributed by atoms with E-state index in [4.69, 9.17) is 5.73 Å². The summed E-state index contributed by atoms with van der Waals surface area (Å²) < 4.78 is 3.32. The van der Waals surface area contributed by atoms with Gasteiger partial charge in [0.1, 0.15) is 5.82 Å². The number of benzene rings is 1. The normalized spacial score (nSPS) is 13.0. The molecule has 0 aliphatic carbocycles. The number of fused-ring (bicyclic) bond motifs is 1. The maximum atomic E-state index is 12.5. The smallest absolute Gasteiger partial charge is 0.262 e. The number of amides is 2. The van der Waals surface area contributed by atoms with Crippen LogP contribution in [-0.2, 0) is 0 Å². The van der Waals surface area contributed by atoms with Gasteiger partial charge in [0.25, 0.3) is 17.4 Å². The third kappa shape index (κ3) is 2.17. The van der Waals surface area contributed by atoms with Gasteiger partial charge in [0.05, 0.1) is 16.8 Å². The van der Waals surface area contributed by atoms with E-state index in [9.17, 15) is 14.4 Å². The molecule has 1 aliphatic rings. The highest BCUT2D eigenvalue weighted by atomic mass is 16.2. The quantitative estimate of drug-likeness (QED) is 0.689. The summed E-state index contributed by atoms with van der Waals surface area (Å²) in [5, 5.41) is 2.16. The molecular weight excluding hydrogens is 332 g/mol. The number of imide groups is 1. The fourth-order valence-corrected chi connectivity index (χ4v) is 3.37. The molecule has 0 fully saturated rings. The van der Waals surface area contributed by atoms with Crippen LogP contribution in [0, 0.1) is 13.8 Å². The number of aromatic nitrogens is 2. The molecule has 26 heavy (non-hydrogen) atoms. The maximum Gasteiger partial charge on any atom is 0.262 e. The van der Waals surface area contributed by atoms with Crippen molar-refractivity contribution in [3.05, 3.63) is 75.3 Å². The van der Waals surface area contributed by atoms with Crippen LogP contribution in [0.3, 0.4) is 0 Å². The van der Waals surface area contributed by atoms with Crippen LogP contribution in [0.4, 0.5) is 5.82 Å². The lowest BCUT2D eigenvalue weighted by Crippen LogP contribution is -2.24. The fraction of sp³-hybridized carbons (Fsp3) is 0.105. The van der Waals surface area contributed by atoms with E-state index in [1.54, 1.807) is 12.1 Å². The molecule has 1 aliphatic heterocycles. The van der Waals surface area contributed by atoms with E-state index in [2.05, 4.69) is 9.88 Å². The van der Waals surface area contributed by atoms with Gasteiger partial charge in [-0.1, -0.05) is 0 Å². The monoisotopic (exact) mass is 348 g/mol. The second-order valence-electron chi connectivity index (χ2n) is 6.24. The van der Waals surface area contributed by atoms with Gasteiger partial charge in [-0.25, -0.2) is 0 Å². The van der Waals surface area contributed by atoms with Gasteiger partial charge < -0.3 is 10.3 Å². The number of anilines is 1. The van der Waals surface area contributed by atoms with Gasteiger partial charge >= 0.3 is 0 Å². The average Bonchev–Trinajstić information content (AvgIpc) is 3.07. The molecule has 3 heterocycles. The SMILES string of the molecule is Cc1ccc(C)n1-c1ccc(-n2c(N)c3c(cc2=O)C(=O)NC3=O)cc1. The topological polar surface area (TPSA) is 99.1 Å². The molecule has 1 aromatic carbocycles. The predicted octanol–water partition coefficient (Wildman–Crippen LogP) is 1.71. The Morgan fingerprint density at radius 2 is 1.35 bits per heavy atom. The first-order chi connectivity index (χ1) is 12.4. The molecule has 0 saturated heterocycles. The third-order valence-electron chi connectivity index (χ3n) is 4.59. The van der Waals surface area contributed by atoms with Crippen molar-refractivity contribution in [2.45, 2.75) is 13.8 Å². The summed E-state index contributed by atoms with van der Waals surface area (Å²) in [5.41, 5.74) is 9.30. The van der Waals surface area contributed by atoms with Gasteiger partial charge in [-0.3, -0.25) is 24.3 Å². The zero-order chi connectivity index (χ0) is 18.6. The Kier molecular flexibility index (Phi) is 3.33. The number of carbonyl (C=O) groups excluding carboxylic acids is 2. The van der Waals surface area contributed by atoms with Crippen molar-refractivity contribution in [3.63, 3.8) is 0 Å². The largest absolute Gasteiger partial charge is 0.384 e. The van der Waals surface area contributed by atoms with E-state index in [1.807, 2.05) is 38.1 Å². The molecule has 0 atom stereocenters. The molecule has 0 spiro atoms. The van der Waals surface area contributed by atoms with Crippen LogP contribution in [0.15, 0.2) is 47.3 Å². The summed E-state index contributed by atoms with van der Waals surface area (Å²) in [5.74, 6) is -1.24. The fourth-order valence-electron chi connectivity index (χ4n) is 3.37. The molecule has 7 nitrogen and oxygen atoms in total. The van der Waals surface area contributed by atoms with Crippen molar-refractivity contribution in [3.8, 4) is 11.4 Å². The summed E-state index contributed by atoms with van der Waals surface area (Å²) in [4.78, 5) is 36.1. The Morgan fingerprint density at radius 1 is 0.808 bits per heavy atom. The Morgan fingerprint density at radius 3 is 1.92 bits per heavy atom. The Balaban J connectivity index is 1.85. The van der Waals surface area contributed by atoms with E-state index in [0.717, 1.165) is 23.1 Å². The first-order valence-corrected chi connectivity index (χ1v) is 8.05. The van der Waals surface area contributed by atoms with Gasteiger partial charge in [-0.2, -0.15) is 0 Å². The van der Waals surface area contributed by atoms with E-state index in [-0.39, 0.29) is 16.9 Å². The Labute approximate surface area is 148 Å². The zero-order valence-electron chi connectivity index (χ0n) is 14.2. The van der Waals surface area contributed by atoms with Crippen molar-refractivity contribution >= 4 is 17.6 Å². The van der Waals surface area contributed by atoms with Gasteiger partial charge in [0.15, 0.2) is 0 Å². The molecule has 3 aromatic rings. The lowest BCUT2D eigenvalue weighted by atomic mass is 10.1. The number of nitrogen functional groups attached to an aromatic ring is 1. The van der Waals surface area contributed by atoms with Crippen LogP contribution in [0.25, 0.3) is 11.4 Å². The lowest BCUT2D eigenvalue weighted by Gasteiger charge is -2.14. The maximum absolute atomic E-state index is 12.5. The molecule has 2 amide bonds. The van der Waals surface area contributed by atoms with Crippen molar-refractivity contribution in [2.75, 3.05) is 5.73 Å². The average molecular weight is 348 g/mol. The van der Waals surface area contributed by atoms with E-state index in [1.165, 1.54) is 4.57 Å². The van der Waals surface area contributed by atoms with Crippen LogP contribution in [0.2, 0.25) is 0 Å². The number of carbonyl (C=O) groups is 2. The van der Waals surface area contributed by atoms with Crippen molar-refractivity contribution in [2.24, 2.45) is 0 Å². The van der Waals surface area contributed by atoms with E-state index < -0.39 is 17.4 Å². The van der Waals surface area contributed by atoms with Crippen LogP contribution >= 0.6 is 0 Å². The summed E-state index contributed by atoms with van der Waals surface area (Å²) in [6.45, 7) is 4.03. The number of hydrogen-bond acceptors (Lipinski definition) is 4. The number of pyridine rings is 1. The van der Waals surface area contributed by atoms with Crippen LogP contribution < -0.4 is 16.6 Å². The molecule has 0 saturated carbocycles. The number of aryl methyl sites for hydroxylation is 2. The summed E-state index contributed by atoms with van der Waals surface area (Å²) in [7, 11) is 0. The highest BCUT2D eigenvalue weighted by Crippen LogP contribution is 2.24. The molecule has 130 valence electrons. The number of nitrogens with one attached hydrogen (secondary N) is 1. The molecule has 4 rings (SSSR count). The van der Waals surface area contributed by atoms with Crippen molar-refractivity contribution in [1.29, 1.82) is 0 Å². The Hall–Kier alpha value is -3.61. The molecule has 3 N–H and O–H groups in total. The molecular formula is C19H16N4O3. The minimum absolute atomic E-state index is 0.0176. The summed E-state index contributed by atoms with van der Waals surface area (Å²) >= 11 is 0. The van der Waals surface area contributed by atoms with Gasteiger partial charge in [0, 0.05) is 23.1 Å². The zero-order valence-corrected chi connectivity index (χ0v) is 14.2. The van der Waals surface area contributed by atoms with Crippen LogP contribution in [0.1, 0.15) is 32.1 Å². The first kappa shape index (κ1) is 15.9. The Bertz CT molecular complexity index is 1120. The standard InChI is InChI=1S/C19H16N4O3/c1-10-3-4-11(2)22(10)12-5-7-13(8-6-12)23-15(24)9-14-16(17(23)20)19(26)21-18(14)25/h3-9H,20H2,1-2H3,(H,21,25,26). The van der Waals surface area contributed by atoms with Gasteiger partial charge in [-0.15, -0.1) is 0 Å². The number of rotatable bonds is 2. The highest BCUT2D eigenvalue weighted by molar-refractivity contribution is 6.23. The van der Waals surface area contributed by atoms with Gasteiger partial charge in [0.2, 0.25) is 0 Å². The molecule has 0 radical (unpaired) electrons. The van der Waals surface area contributed by atoms with Crippen LogP contribution in [-0.4, -0.2) is 20.9 Å². The summed E-state index contributed by atoms with van der Waals surface area (Å²) in [6.07, 6.45) is 0. The summed E-state index contributed by atoms with van der Waals surface area (Å²) in [6, 6.07) is 12.5. The van der Waals surface area contributed by atoms with Gasteiger partial charge in [-0.05, 0) is 50.2 Å². The molecule has 0 unspecified atom stereocenters. The first-order valence-electron chi connectivity index (χ1n) is 8.05. The van der Waals surface area contributed by atoms with Crippen molar-refractivity contribution in [1.82, 2.24) is 14.5 Å². The number of nitrogens with zero attached hydrogens (tertiary/aromatic N) is 2. The molecule has 0 bridgehead atoms. The third-order valence-corrected chi connectivity index (χ3v) is 4.59. The van der Waals surface area contributed by atoms with Crippen LogP contribution in [0.5, 0.6) is 0 Å². The second-order valence-corrected chi connectivity index (χ2v) is 6.24. The molecule has 7 heteroatoms. The van der Waals surface area contributed by atoms with E-state index >= 15 is 0 Å². The second kappa shape index (κ2) is 5.45. The highest BCUT2D eigenvalue weighted by Gasteiger charge is 2.31. The number of nitrogens with two attached hydrogens (primary N) is 1. The van der Waals surface area contributed by atoms with Crippen molar-refractivity contribution < 1.29 is 9.59 Å².